The van der Waals surface area contributed by atoms with Crippen LogP contribution in [0.3, 0.4) is 0 Å². The maximum absolute atomic E-state index is 7.61. The number of hydrogen-bond acceptors (Lipinski definition) is 1. The van der Waals surface area contributed by atoms with Crippen molar-refractivity contribution in [3.8, 4) is 0 Å². The summed E-state index contributed by atoms with van der Waals surface area (Å²) in [7, 11) is -2.55. The monoisotopic (exact) mass is 202 g/mol. The molecule has 0 aromatic heterocycles. The largest absolute Gasteiger partial charge is 0.388 e. The summed E-state index contributed by atoms with van der Waals surface area (Å²) in [6.07, 6.45) is 0. The summed E-state index contributed by atoms with van der Waals surface area (Å²) in [6.45, 7) is 13.8. The van der Waals surface area contributed by atoms with Crippen LogP contribution in [0.4, 0.5) is 0 Å². The molecule has 0 aliphatic rings. The smallest absolute Gasteiger partial charge is 0.0881 e. The Morgan fingerprint density at radius 2 is 1.25 bits per heavy atom. The maximum atomic E-state index is 7.61. The topological polar surface area (TPSA) is 49.9 Å². The molecule has 0 radical (unpaired) electrons. The third-order valence-electron chi connectivity index (χ3n) is 2.04. The standard InChI is InChI=1S/C8H22N2Si2/c1-11(2,3)8(7(9)10)12(4,5)6/h8H,1-6H3,(H3,9,10). The van der Waals surface area contributed by atoms with Gasteiger partial charge in [-0.05, 0) is 0 Å². The average molecular weight is 202 g/mol. The molecular formula is C8H22N2Si2. The van der Waals surface area contributed by atoms with Gasteiger partial charge in [-0.2, -0.15) is 0 Å². The van der Waals surface area contributed by atoms with Gasteiger partial charge in [0.2, 0.25) is 0 Å². The zero-order chi connectivity index (χ0) is 10.2. The van der Waals surface area contributed by atoms with E-state index in [-0.39, 0.29) is 0 Å². The minimum atomic E-state index is -1.27. The van der Waals surface area contributed by atoms with Gasteiger partial charge >= 0.3 is 0 Å². The van der Waals surface area contributed by atoms with Crippen LogP contribution in [-0.2, 0) is 0 Å². The summed E-state index contributed by atoms with van der Waals surface area (Å²) in [4.78, 5) is 0. The number of rotatable bonds is 3. The number of amidine groups is 1. The summed E-state index contributed by atoms with van der Waals surface area (Å²) < 4.78 is 0. The van der Waals surface area contributed by atoms with Gasteiger partial charge in [-0.25, -0.2) is 0 Å². The van der Waals surface area contributed by atoms with Crippen LogP contribution in [0.2, 0.25) is 44.4 Å². The quantitative estimate of drug-likeness (QED) is 0.412. The number of hydrogen-bond donors (Lipinski definition) is 2. The molecule has 72 valence electrons. The Bertz CT molecular complexity index is 162. The molecule has 0 atom stereocenters. The summed E-state index contributed by atoms with van der Waals surface area (Å²) in [5, 5.41) is 8.03. The van der Waals surface area contributed by atoms with E-state index in [0.29, 0.717) is 11.0 Å². The zero-order valence-corrected chi connectivity index (χ0v) is 11.2. The normalized spacial score (nSPS) is 13.6. The molecule has 0 aromatic rings. The zero-order valence-electron chi connectivity index (χ0n) is 9.15. The lowest BCUT2D eigenvalue weighted by molar-refractivity contribution is 1.27. The van der Waals surface area contributed by atoms with E-state index in [1.54, 1.807) is 0 Å². The Morgan fingerprint density at radius 1 is 1.00 bits per heavy atom. The van der Waals surface area contributed by atoms with Crippen LogP contribution in [0, 0.1) is 5.41 Å². The lowest BCUT2D eigenvalue weighted by Gasteiger charge is -2.37. The summed E-state index contributed by atoms with van der Waals surface area (Å²) in [5.41, 5.74) is 5.66. The van der Waals surface area contributed by atoms with Gasteiger partial charge in [-0.1, -0.05) is 39.3 Å². The highest BCUT2D eigenvalue weighted by molar-refractivity contribution is 7.00. The molecular weight excluding hydrogens is 180 g/mol. The maximum Gasteiger partial charge on any atom is 0.0881 e. The lowest BCUT2D eigenvalue weighted by atomic mass is 10.7. The first-order chi connectivity index (χ1) is 5.07. The van der Waals surface area contributed by atoms with Gasteiger partial charge in [0, 0.05) is 5.16 Å². The van der Waals surface area contributed by atoms with Gasteiger partial charge in [0.15, 0.2) is 0 Å². The van der Waals surface area contributed by atoms with Crippen molar-refractivity contribution in [2.45, 2.75) is 44.4 Å². The van der Waals surface area contributed by atoms with Crippen LogP contribution >= 0.6 is 0 Å². The molecule has 4 heteroatoms. The second kappa shape index (κ2) is 3.34. The van der Waals surface area contributed by atoms with Crippen LogP contribution in [0.25, 0.3) is 0 Å². The van der Waals surface area contributed by atoms with Gasteiger partial charge in [-0.3, -0.25) is 5.41 Å². The number of nitrogens with two attached hydrogens (primary N) is 1. The van der Waals surface area contributed by atoms with Crippen LogP contribution in [0.5, 0.6) is 0 Å². The first-order valence-electron chi connectivity index (χ1n) is 4.40. The van der Waals surface area contributed by atoms with E-state index in [0.717, 1.165) is 0 Å². The minimum Gasteiger partial charge on any atom is -0.388 e. The number of nitrogens with one attached hydrogen (secondary N) is 1. The van der Waals surface area contributed by atoms with Gasteiger partial charge in [0.05, 0.1) is 22.0 Å². The van der Waals surface area contributed by atoms with E-state index < -0.39 is 16.1 Å². The Morgan fingerprint density at radius 3 is 1.25 bits per heavy atom. The van der Waals surface area contributed by atoms with Crippen LogP contribution in [0.15, 0.2) is 0 Å². The highest BCUT2D eigenvalue weighted by atomic mass is 28.4. The van der Waals surface area contributed by atoms with Crippen molar-refractivity contribution in [2.75, 3.05) is 0 Å². The molecule has 0 bridgehead atoms. The average Bonchev–Trinajstić information content (AvgIpc) is 1.49. The SMILES string of the molecule is C[Si](C)(C)C(C(=N)N)[Si](C)(C)C. The highest BCUT2D eigenvalue weighted by Crippen LogP contribution is 2.31. The molecule has 0 fully saturated rings. The van der Waals surface area contributed by atoms with Crippen LogP contribution in [-0.4, -0.2) is 22.0 Å². The fraction of sp³-hybridized carbons (Fsp3) is 0.875. The third kappa shape index (κ3) is 3.10. The van der Waals surface area contributed by atoms with Gasteiger partial charge < -0.3 is 5.73 Å². The van der Waals surface area contributed by atoms with Crippen molar-refractivity contribution in [1.29, 1.82) is 5.41 Å². The summed E-state index contributed by atoms with van der Waals surface area (Å²) >= 11 is 0. The molecule has 0 heterocycles. The van der Waals surface area contributed by atoms with Crippen LogP contribution < -0.4 is 5.73 Å². The van der Waals surface area contributed by atoms with Crippen molar-refractivity contribution in [3.63, 3.8) is 0 Å². The molecule has 0 aliphatic carbocycles. The molecule has 2 nitrogen and oxygen atoms in total. The van der Waals surface area contributed by atoms with E-state index in [2.05, 4.69) is 39.3 Å². The third-order valence-corrected chi connectivity index (χ3v) is 11.3. The molecule has 0 aliphatic heterocycles. The predicted octanol–water partition coefficient (Wildman–Crippen LogP) is 2.51. The molecule has 0 saturated carbocycles. The van der Waals surface area contributed by atoms with E-state index in [1.165, 1.54) is 0 Å². The highest BCUT2D eigenvalue weighted by Gasteiger charge is 2.39. The van der Waals surface area contributed by atoms with Crippen molar-refractivity contribution >= 4 is 22.0 Å². The van der Waals surface area contributed by atoms with Crippen molar-refractivity contribution in [2.24, 2.45) is 5.73 Å². The Hall–Kier alpha value is -0.0962. The van der Waals surface area contributed by atoms with Crippen LogP contribution in [0.1, 0.15) is 0 Å². The van der Waals surface area contributed by atoms with E-state index in [9.17, 15) is 0 Å². The second-order valence-corrected chi connectivity index (χ2v) is 16.8. The van der Waals surface area contributed by atoms with E-state index in [1.807, 2.05) is 0 Å². The molecule has 12 heavy (non-hydrogen) atoms. The first kappa shape index (κ1) is 11.9. The van der Waals surface area contributed by atoms with Crippen molar-refractivity contribution < 1.29 is 0 Å². The Kier molecular flexibility index (Phi) is 3.31. The van der Waals surface area contributed by atoms with Gasteiger partial charge in [0.1, 0.15) is 0 Å². The Labute approximate surface area is 78.1 Å². The molecule has 3 N–H and O–H groups in total. The summed E-state index contributed by atoms with van der Waals surface area (Å²) in [6, 6.07) is 0. The first-order valence-corrected chi connectivity index (χ1v) is 11.6. The second-order valence-electron chi connectivity index (χ2n) is 5.62. The molecule has 0 aromatic carbocycles. The van der Waals surface area contributed by atoms with Gasteiger partial charge in [-0.15, -0.1) is 0 Å². The molecule has 0 spiro atoms. The molecule has 0 unspecified atom stereocenters. The molecule has 0 amide bonds. The van der Waals surface area contributed by atoms with E-state index in [4.69, 9.17) is 11.1 Å². The fourth-order valence-corrected chi connectivity index (χ4v) is 14.5. The van der Waals surface area contributed by atoms with Crippen molar-refractivity contribution in [3.05, 3.63) is 0 Å². The van der Waals surface area contributed by atoms with Gasteiger partial charge in [0.25, 0.3) is 0 Å². The van der Waals surface area contributed by atoms with E-state index >= 15 is 0 Å². The molecule has 0 saturated heterocycles. The minimum absolute atomic E-state index is 0.421. The lowest BCUT2D eigenvalue weighted by Crippen LogP contribution is -2.50. The Balaban J connectivity index is 4.82. The molecule has 0 rings (SSSR count). The predicted molar refractivity (Wildman–Crippen MR) is 62.4 cm³/mol. The van der Waals surface area contributed by atoms with Crippen molar-refractivity contribution in [1.82, 2.24) is 0 Å². The fourth-order valence-electron chi connectivity index (χ4n) is 2.23. The summed E-state index contributed by atoms with van der Waals surface area (Å²) in [5.74, 6) is 0.424.